The molecular weight excluding hydrogens is 310 g/mol. The van der Waals surface area contributed by atoms with Gasteiger partial charge in [0.2, 0.25) is 0 Å². The molecule has 0 bridgehead atoms. The standard InChI is InChI=1S/C19H14ClNO2/c20-15-8-10-16(11-9-15)21-19(22)18(13-17-7-4-12-23-17)14-5-2-1-3-6-14/h1-13H,(H,21,22)/b18-13-. The van der Waals surface area contributed by atoms with Gasteiger partial charge in [-0.1, -0.05) is 41.9 Å². The molecule has 0 aliphatic heterocycles. The molecule has 0 saturated heterocycles. The first-order valence-corrected chi connectivity index (χ1v) is 7.48. The SMILES string of the molecule is O=C(Nc1ccc(Cl)cc1)/C(=C\c1ccco1)c1ccccc1. The molecule has 1 N–H and O–H groups in total. The van der Waals surface area contributed by atoms with Crippen LogP contribution in [0.1, 0.15) is 11.3 Å². The van der Waals surface area contributed by atoms with Crippen molar-refractivity contribution < 1.29 is 9.21 Å². The third-order valence-electron chi connectivity index (χ3n) is 3.26. The fourth-order valence-electron chi connectivity index (χ4n) is 2.14. The molecule has 0 atom stereocenters. The highest BCUT2D eigenvalue weighted by Gasteiger charge is 2.13. The highest BCUT2D eigenvalue weighted by molar-refractivity contribution is 6.31. The van der Waals surface area contributed by atoms with Crippen molar-refractivity contribution in [2.24, 2.45) is 0 Å². The van der Waals surface area contributed by atoms with E-state index in [4.69, 9.17) is 16.0 Å². The Labute approximate surface area is 139 Å². The summed E-state index contributed by atoms with van der Waals surface area (Å²) in [5.41, 5.74) is 2.02. The van der Waals surface area contributed by atoms with Crippen LogP contribution in [0, 0.1) is 0 Å². The van der Waals surface area contributed by atoms with E-state index in [1.807, 2.05) is 30.3 Å². The van der Waals surface area contributed by atoms with Crippen LogP contribution < -0.4 is 5.32 Å². The molecule has 0 spiro atoms. The second kappa shape index (κ2) is 6.99. The van der Waals surface area contributed by atoms with Gasteiger partial charge in [-0.05, 0) is 48.0 Å². The number of carbonyl (C=O) groups is 1. The maximum Gasteiger partial charge on any atom is 0.256 e. The molecule has 3 nitrogen and oxygen atoms in total. The van der Waals surface area contributed by atoms with Crippen molar-refractivity contribution in [2.45, 2.75) is 0 Å². The smallest absolute Gasteiger partial charge is 0.256 e. The molecule has 3 aromatic rings. The molecular formula is C19H14ClNO2. The Hall–Kier alpha value is -2.78. The fourth-order valence-corrected chi connectivity index (χ4v) is 2.27. The highest BCUT2D eigenvalue weighted by Crippen LogP contribution is 2.21. The predicted molar refractivity (Wildman–Crippen MR) is 93.1 cm³/mol. The summed E-state index contributed by atoms with van der Waals surface area (Å²) in [4.78, 5) is 12.7. The van der Waals surface area contributed by atoms with Crippen molar-refractivity contribution in [3.63, 3.8) is 0 Å². The number of nitrogens with one attached hydrogen (secondary N) is 1. The van der Waals surface area contributed by atoms with Gasteiger partial charge in [-0.25, -0.2) is 0 Å². The van der Waals surface area contributed by atoms with Crippen LogP contribution in [0.5, 0.6) is 0 Å². The Kier molecular flexibility index (Phi) is 4.60. The molecule has 1 heterocycles. The third kappa shape index (κ3) is 3.90. The van der Waals surface area contributed by atoms with Crippen LogP contribution in [0.15, 0.2) is 77.4 Å². The normalized spacial score (nSPS) is 11.3. The Morgan fingerprint density at radius 2 is 1.70 bits per heavy atom. The molecule has 114 valence electrons. The Bertz CT molecular complexity index is 806. The fraction of sp³-hybridized carbons (Fsp3) is 0. The Morgan fingerprint density at radius 1 is 0.957 bits per heavy atom. The van der Waals surface area contributed by atoms with Crippen molar-refractivity contribution in [1.82, 2.24) is 0 Å². The maximum absolute atomic E-state index is 12.7. The van der Waals surface area contributed by atoms with E-state index in [2.05, 4.69) is 5.32 Å². The zero-order chi connectivity index (χ0) is 16.1. The number of hydrogen-bond donors (Lipinski definition) is 1. The molecule has 0 unspecified atom stereocenters. The molecule has 0 radical (unpaired) electrons. The minimum Gasteiger partial charge on any atom is -0.465 e. The van der Waals surface area contributed by atoms with Crippen LogP contribution in [-0.4, -0.2) is 5.91 Å². The van der Waals surface area contributed by atoms with Gasteiger partial charge in [-0.2, -0.15) is 0 Å². The Morgan fingerprint density at radius 3 is 2.35 bits per heavy atom. The van der Waals surface area contributed by atoms with Gasteiger partial charge in [-0.15, -0.1) is 0 Å². The van der Waals surface area contributed by atoms with Gasteiger partial charge in [0.1, 0.15) is 5.76 Å². The summed E-state index contributed by atoms with van der Waals surface area (Å²) in [5.74, 6) is 0.407. The van der Waals surface area contributed by atoms with Crippen LogP contribution in [0.25, 0.3) is 11.6 Å². The van der Waals surface area contributed by atoms with E-state index in [1.54, 1.807) is 48.7 Å². The number of hydrogen-bond acceptors (Lipinski definition) is 2. The van der Waals surface area contributed by atoms with E-state index < -0.39 is 0 Å². The molecule has 4 heteroatoms. The van der Waals surface area contributed by atoms with Crippen LogP contribution in [-0.2, 0) is 4.79 Å². The maximum atomic E-state index is 12.7. The lowest BCUT2D eigenvalue weighted by Crippen LogP contribution is -2.13. The highest BCUT2D eigenvalue weighted by atomic mass is 35.5. The van der Waals surface area contributed by atoms with E-state index in [0.717, 1.165) is 5.56 Å². The van der Waals surface area contributed by atoms with Crippen LogP contribution in [0.4, 0.5) is 5.69 Å². The molecule has 0 saturated carbocycles. The third-order valence-corrected chi connectivity index (χ3v) is 3.51. The molecule has 0 aliphatic rings. The molecule has 3 rings (SSSR count). The van der Waals surface area contributed by atoms with Gasteiger partial charge in [0, 0.05) is 10.7 Å². The summed E-state index contributed by atoms with van der Waals surface area (Å²) >= 11 is 5.87. The number of halogens is 1. The van der Waals surface area contributed by atoms with Gasteiger partial charge in [0.05, 0.1) is 11.8 Å². The molecule has 23 heavy (non-hydrogen) atoms. The average Bonchev–Trinajstić information content (AvgIpc) is 3.09. The van der Waals surface area contributed by atoms with Gasteiger partial charge in [-0.3, -0.25) is 4.79 Å². The van der Waals surface area contributed by atoms with Crippen molar-refractivity contribution in [1.29, 1.82) is 0 Å². The van der Waals surface area contributed by atoms with E-state index in [9.17, 15) is 4.79 Å². The lowest BCUT2D eigenvalue weighted by atomic mass is 10.0. The summed E-state index contributed by atoms with van der Waals surface area (Å²) in [6, 6.07) is 20.0. The first kappa shape index (κ1) is 15.1. The lowest BCUT2D eigenvalue weighted by Gasteiger charge is -2.09. The summed E-state index contributed by atoms with van der Waals surface area (Å²) < 4.78 is 5.33. The zero-order valence-electron chi connectivity index (χ0n) is 12.2. The number of carbonyl (C=O) groups excluding carboxylic acids is 1. The second-order valence-corrected chi connectivity index (χ2v) is 5.34. The Balaban J connectivity index is 1.92. The average molecular weight is 324 g/mol. The second-order valence-electron chi connectivity index (χ2n) is 4.90. The van der Waals surface area contributed by atoms with E-state index >= 15 is 0 Å². The van der Waals surface area contributed by atoms with Crippen LogP contribution >= 0.6 is 11.6 Å². The van der Waals surface area contributed by atoms with Crippen molar-refractivity contribution in [3.05, 3.63) is 89.3 Å². The molecule has 0 fully saturated rings. The number of furan rings is 1. The van der Waals surface area contributed by atoms with Crippen molar-refractivity contribution in [3.8, 4) is 0 Å². The van der Waals surface area contributed by atoms with Gasteiger partial charge >= 0.3 is 0 Å². The van der Waals surface area contributed by atoms with Crippen LogP contribution in [0.3, 0.4) is 0 Å². The molecule has 0 aliphatic carbocycles. The van der Waals surface area contributed by atoms with Crippen molar-refractivity contribution >= 4 is 34.8 Å². The quantitative estimate of drug-likeness (QED) is 0.678. The van der Waals surface area contributed by atoms with Crippen molar-refractivity contribution in [2.75, 3.05) is 5.32 Å². The van der Waals surface area contributed by atoms with Gasteiger partial charge in [0.25, 0.3) is 5.91 Å². The molecule has 2 aromatic carbocycles. The topological polar surface area (TPSA) is 42.2 Å². The van der Waals surface area contributed by atoms with E-state index in [1.165, 1.54) is 0 Å². The summed E-state index contributed by atoms with van der Waals surface area (Å²) in [6.45, 7) is 0. The van der Waals surface area contributed by atoms with Gasteiger partial charge < -0.3 is 9.73 Å². The van der Waals surface area contributed by atoms with Gasteiger partial charge in [0.15, 0.2) is 0 Å². The number of benzene rings is 2. The van der Waals surface area contributed by atoms with Crippen LogP contribution in [0.2, 0.25) is 5.02 Å². The molecule has 1 amide bonds. The molecule has 1 aromatic heterocycles. The largest absolute Gasteiger partial charge is 0.465 e. The van der Waals surface area contributed by atoms with E-state index in [-0.39, 0.29) is 5.91 Å². The monoisotopic (exact) mass is 323 g/mol. The summed E-state index contributed by atoms with van der Waals surface area (Å²) in [6.07, 6.45) is 3.30. The number of amides is 1. The minimum absolute atomic E-state index is 0.213. The number of rotatable bonds is 4. The summed E-state index contributed by atoms with van der Waals surface area (Å²) in [5, 5.41) is 3.50. The summed E-state index contributed by atoms with van der Waals surface area (Å²) in [7, 11) is 0. The first-order chi connectivity index (χ1) is 11.2. The minimum atomic E-state index is -0.213. The first-order valence-electron chi connectivity index (χ1n) is 7.10. The predicted octanol–water partition coefficient (Wildman–Crippen LogP) is 5.11. The van der Waals surface area contributed by atoms with E-state index in [0.29, 0.717) is 22.0 Å². The number of anilines is 1. The lowest BCUT2D eigenvalue weighted by molar-refractivity contribution is -0.111. The zero-order valence-corrected chi connectivity index (χ0v) is 13.0.